The molecule has 0 aliphatic heterocycles. The van der Waals surface area contributed by atoms with Gasteiger partial charge in [0.2, 0.25) is 9.84 Å². The number of fused-ring (bicyclic) bond motifs is 2. The molecule has 0 bridgehead atoms. The van der Waals surface area contributed by atoms with Gasteiger partial charge in [-0.1, -0.05) is 50.2 Å². The number of hydrogen-bond acceptors (Lipinski definition) is 5. The highest BCUT2D eigenvalue weighted by Crippen LogP contribution is 2.32. The van der Waals surface area contributed by atoms with Crippen molar-refractivity contribution in [1.82, 2.24) is 10.2 Å². The fourth-order valence-corrected chi connectivity index (χ4v) is 4.88. The summed E-state index contributed by atoms with van der Waals surface area (Å²) in [5, 5.41) is 12.5. The second-order valence-electron chi connectivity index (χ2n) is 7.55. The molecule has 0 fully saturated rings. The molecule has 4 rings (SSSR count). The van der Waals surface area contributed by atoms with Crippen molar-refractivity contribution in [3.05, 3.63) is 60.7 Å². The maximum Gasteiger partial charge on any atom is 0.224 e. The standard InChI is InChI=1S/C22H24N4O2S.ClH/c1-14(2)19(23)13-24-16-10-11-20-18(12-16)22(26-25-20)29(27,28)21-9-5-7-15-6-3-4-8-17(15)21;/h3-12,14,19,24H,13,23H2,1-2H3,(H,25,26);1H/t19-;/m1./s1. The van der Waals surface area contributed by atoms with Gasteiger partial charge in [0.05, 0.1) is 10.4 Å². The number of nitrogens with two attached hydrogens (primary N) is 1. The average Bonchev–Trinajstić information content (AvgIpc) is 3.15. The highest BCUT2D eigenvalue weighted by Gasteiger charge is 2.25. The van der Waals surface area contributed by atoms with E-state index in [0.717, 1.165) is 11.1 Å². The van der Waals surface area contributed by atoms with Crippen LogP contribution >= 0.6 is 12.4 Å². The Hall–Kier alpha value is -2.61. The molecular weight excluding hydrogens is 420 g/mol. The summed E-state index contributed by atoms with van der Waals surface area (Å²) in [5.74, 6) is 0.349. The lowest BCUT2D eigenvalue weighted by Crippen LogP contribution is -2.33. The number of anilines is 1. The molecule has 0 radical (unpaired) electrons. The van der Waals surface area contributed by atoms with Crippen LogP contribution < -0.4 is 11.1 Å². The number of aromatic nitrogens is 2. The summed E-state index contributed by atoms with van der Waals surface area (Å²) in [4.78, 5) is 0.265. The van der Waals surface area contributed by atoms with Crippen LogP contribution in [0.2, 0.25) is 0 Å². The summed E-state index contributed by atoms with van der Waals surface area (Å²) in [7, 11) is -3.78. The molecule has 0 spiro atoms. The molecule has 0 amide bonds. The number of halogens is 1. The lowest BCUT2D eigenvalue weighted by Gasteiger charge is -2.17. The second kappa shape index (κ2) is 8.63. The van der Waals surface area contributed by atoms with E-state index < -0.39 is 9.84 Å². The molecular formula is C22H25ClN4O2S. The molecule has 1 atom stereocenters. The number of rotatable bonds is 6. The van der Waals surface area contributed by atoms with Crippen molar-refractivity contribution in [3.8, 4) is 0 Å². The number of aromatic amines is 1. The first-order valence-corrected chi connectivity index (χ1v) is 11.1. The van der Waals surface area contributed by atoms with E-state index in [-0.39, 0.29) is 28.4 Å². The quantitative estimate of drug-likeness (QED) is 0.410. The molecule has 0 aliphatic rings. The normalized spacial score (nSPS) is 12.8. The zero-order valence-corrected chi connectivity index (χ0v) is 18.4. The van der Waals surface area contributed by atoms with Gasteiger partial charge < -0.3 is 11.1 Å². The minimum absolute atomic E-state index is 0. The van der Waals surface area contributed by atoms with Crippen LogP contribution in [0.5, 0.6) is 0 Å². The molecule has 4 aromatic rings. The maximum atomic E-state index is 13.5. The molecule has 1 heterocycles. The lowest BCUT2D eigenvalue weighted by atomic mass is 10.1. The van der Waals surface area contributed by atoms with E-state index in [1.807, 2.05) is 42.5 Å². The third kappa shape index (κ3) is 4.01. The Morgan fingerprint density at radius 2 is 1.77 bits per heavy atom. The Balaban J connectivity index is 0.00000256. The molecule has 158 valence electrons. The molecule has 3 aromatic carbocycles. The Bertz CT molecular complexity index is 1280. The van der Waals surface area contributed by atoms with E-state index >= 15 is 0 Å². The van der Waals surface area contributed by atoms with E-state index in [9.17, 15) is 8.42 Å². The van der Waals surface area contributed by atoms with Gasteiger partial charge in [0.1, 0.15) is 0 Å². The van der Waals surface area contributed by atoms with Crippen LogP contribution in [0.15, 0.2) is 70.6 Å². The van der Waals surface area contributed by atoms with Crippen molar-refractivity contribution < 1.29 is 8.42 Å². The number of H-pyrrole nitrogens is 1. The van der Waals surface area contributed by atoms with Gasteiger partial charge in [-0.3, -0.25) is 5.10 Å². The average molecular weight is 445 g/mol. The summed E-state index contributed by atoms with van der Waals surface area (Å²) in [6.07, 6.45) is 0. The Morgan fingerprint density at radius 3 is 2.53 bits per heavy atom. The largest absolute Gasteiger partial charge is 0.383 e. The van der Waals surface area contributed by atoms with Gasteiger partial charge in [-0.15, -0.1) is 12.4 Å². The van der Waals surface area contributed by atoms with Crippen molar-refractivity contribution in [2.24, 2.45) is 11.7 Å². The third-order valence-corrected chi connectivity index (χ3v) is 7.01. The van der Waals surface area contributed by atoms with Gasteiger partial charge in [0.25, 0.3) is 0 Å². The van der Waals surface area contributed by atoms with Gasteiger partial charge in [-0.25, -0.2) is 8.42 Å². The van der Waals surface area contributed by atoms with Crippen molar-refractivity contribution >= 4 is 49.6 Å². The topological polar surface area (TPSA) is 101 Å². The minimum Gasteiger partial charge on any atom is -0.383 e. The van der Waals surface area contributed by atoms with Crippen molar-refractivity contribution in [2.45, 2.75) is 29.8 Å². The molecule has 0 saturated heterocycles. The fourth-order valence-electron chi connectivity index (χ4n) is 3.31. The molecule has 0 saturated carbocycles. The van der Waals surface area contributed by atoms with E-state index in [1.165, 1.54) is 0 Å². The molecule has 0 unspecified atom stereocenters. The molecule has 0 aliphatic carbocycles. The molecule has 1 aromatic heterocycles. The maximum absolute atomic E-state index is 13.5. The Kier molecular flexibility index (Phi) is 6.36. The summed E-state index contributed by atoms with van der Waals surface area (Å²) in [6, 6.07) is 18.2. The monoisotopic (exact) mass is 444 g/mol. The van der Waals surface area contributed by atoms with E-state index in [0.29, 0.717) is 28.8 Å². The van der Waals surface area contributed by atoms with Crippen LogP contribution in [0.3, 0.4) is 0 Å². The van der Waals surface area contributed by atoms with Gasteiger partial charge in [-0.05, 0) is 35.6 Å². The number of nitrogens with zero attached hydrogens (tertiary/aromatic N) is 1. The van der Waals surface area contributed by atoms with E-state index in [4.69, 9.17) is 5.73 Å². The molecule has 30 heavy (non-hydrogen) atoms. The van der Waals surface area contributed by atoms with Crippen LogP contribution in [-0.2, 0) is 9.84 Å². The van der Waals surface area contributed by atoms with Gasteiger partial charge in [0, 0.05) is 29.0 Å². The summed E-state index contributed by atoms with van der Waals surface area (Å²) < 4.78 is 27.0. The first-order chi connectivity index (χ1) is 13.9. The van der Waals surface area contributed by atoms with Crippen LogP contribution in [-0.4, -0.2) is 31.2 Å². The zero-order valence-electron chi connectivity index (χ0n) is 16.8. The van der Waals surface area contributed by atoms with Crippen LogP contribution in [0, 0.1) is 5.92 Å². The summed E-state index contributed by atoms with van der Waals surface area (Å²) in [5.41, 5.74) is 7.52. The van der Waals surface area contributed by atoms with Crippen LogP contribution in [0.4, 0.5) is 5.69 Å². The Labute approximate surface area is 182 Å². The zero-order chi connectivity index (χ0) is 20.6. The number of hydrogen-bond donors (Lipinski definition) is 3. The molecule has 4 N–H and O–H groups in total. The van der Waals surface area contributed by atoms with Crippen LogP contribution in [0.25, 0.3) is 21.7 Å². The van der Waals surface area contributed by atoms with Gasteiger partial charge in [-0.2, -0.15) is 5.10 Å². The highest BCUT2D eigenvalue weighted by atomic mass is 35.5. The molecule has 8 heteroatoms. The third-order valence-electron chi connectivity index (χ3n) is 5.23. The molecule has 6 nitrogen and oxygen atoms in total. The first kappa shape index (κ1) is 22.1. The predicted octanol–water partition coefficient (Wildman–Crippen LogP) is 4.37. The number of benzene rings is 3. The Morgan fingerprint density at radius 1 is 1.03 bits per heavy atom. The van der Waals surface area contributed by atoms with Crippen molar-refractivity contribution in [3.63, 3.8) is 0 Å². The predicted molar refractivity (Wildman–Crippen MR) is 124 cm³/mol. The summed E-state index contributed by atoms with van der Waals surface area (Å²) >= 11 is 0. The smallest absolute Gasteiger partial charge is 0.224 e. The van der Waals surface area contributed by atoms with Gasteiger partial charge >= 0.3 is 0 Å². The lowest BCUT2D eigenvalue weighted by molar-refractivity contribution is 0.511. The highest BCUT2D eigenvalue weighted by molar-refractivity contribution is 7.91. The van der Waals surface area contributed by atoms with E-state index in [1.54, 1.807) is 18.2 Å². The van der Waals surface area contributed by atoms with Crippen molar-refractivity contribution in [2.75, 3.05) is 11.9 Å². The van der Waals surface area contributed by atoms with Crippen LogP contribution in [0.1, 0.15) is 13.8 Å². The SMILES string of the molecule is CC(C)[C@H](N)CNc1ccc2n[nH]c(S(=O)(=O)c3cccc4ccccc34)c2c1.Cl. The van der Waals surface area contributed by atoms with Gasteiger partial charge in [0.15, 0.2) is 5.03 Å². The first-order valence-electron chi connectivity index (χ1n) is 9.58. The number of sulfone groups is 1. The van der Waals surface area contributed by atoms with Crippen molar-refractivity contribution in [1.29, 1.82) is 0 Å². The number of nitrogens with one attached hydrogen (secondary N) is 2. The summed E-state index contributed by atoms with van der Waals surface area (Å²) in [6.45, 7) is 4.74. The fraction of sp³-hybridized carbons (Fsp3) is 0.227. The van der Waals surface area contributed by atoms with E-state index in [2.05, 4.69) is 29.4 Å². The minimum atomic E-state index is -3.78. The second-order valence-corrected chi connectivity index (χ2v) is 9.41.